The highest BCUT2D eigenvalue weighted by molar-refractivity contribution is 9.09. The van der Waals surface area contributed by atoms with Gasteiger partial charge >= 0.3 is 0 Å². The van der Waals surface area contributed by atoms with Gasteiger partial charge in [0.15, 0.2) is 0 Å². The molecule has 0 radical (unpaired) electrons. The molecule has 0 saturated carbocycles. The summed E-state index contributed by atoms with van der Waals surface area (Å²) in [4.78, 5) is 13.7. The zero-order chi connectivity index (χ0) is 12.6. The number of anilines is 2. The van der Waals surface area contributed by atoms with E-state index in [1.807, 2.05) is 13.0 Å². The van der Waals surface area contributed by atoms with Crippen molar-refractivity contribution in [3.05, 3.63) is 22.7 Å². The minimum atomic E-state index is 0.128. The summed E-state index contributed by atoms with van der Waals surface area (Å²) in [5, 5.41) is 1.47. The van der Waals surface area contributed by atoms with E-state index in [-0.39, 0.29) is 5.91 Å². The van der Waals surface area contributed by atoms with Gasteiger partial charge in [-0.25, -0.2) is 0 Å². The van der Waals surface area contributed by atoms with Crippen LogP contribution in [0.4, 0.5) is 11.4 Å². The van der Waals surface area contributed by atoms with Gasteiger partial charge in [-0.3, -0.25) is 4.79 Å². The number of aryl methyl sites for hydroxylation is 1. The third-order valence-corrected chi connectivity index (χ3v) is 4.34. The highest BCUT2D eigenvalue weighted by Crippen LogP contribution is 2.33. The van der Waals surface area contributed by atoms with Gasteiger partial charge in [-0.15, -0.1) is 0 Å². The highest BCUT2D eigenvalue weighted by atomic mass is 79.9. The molecule has 0 bridgehead atoms. The molecule has 1 amide bonds. The van der Waals surface area contributed by atoms with Crippen molar-refractivity contribution in [3.63, 3.8) is 0 Å². The number of hydrogen-bond donors (Lipinski definition) is 1. The minimum Gasteiger partial charge on any atom is -0.397 e. The number of benzene rings is 1. The van der Waals surface area contributed by atoms with Crippen LogP contribution < -0.4 is 10.6 Å². The van der Waals surface area contributed by atoms with Crippen LogP contribution in [0.15, 0.2) is 12.1 Å². The number of nitrogen functional groups attached to an aromatic ring is 1. The van der Waals surface area contributed by atoms with E-state index >= 15 is 0 Å². The molecule has 1 aliphatic rings. The lowest BCUT2D eigenvalue weighted by atomic mass is 10.1. The fraction of sp³-hybridized carbons (Fsp3) is 0.417. The van der Waals surface area contributed by atoms with Crippen LogP contribution in [0.2, 0.25) is 5.02 Å². The normalized spacial score (nSPS) is 20.1. The Kier molecular flexibility index (Phi) is 3.64. The number of rotatable bonds is 2. The van der Waals surface area contributed by atoms with Gasteiger partial charge in [0.2, 0.25) is 5.91 Å². The molecule has 0 spiro atoms. The van der Waals surface area contributed by atoms with Crippen molar-refractivity contribution >= 4 is 44.8 Å². The summed E-state index contributed by atoms with van der Waals surface area (Å²) in [7, 11) is 0. The van der Waals surface area contributed by atoms with Crippen molar-refractivity contribution in [2.75, 3.05) is 22.5 Å². The molecule has 1 fully saturated rings. The van der Waals surface area contributed by atoms with E-state index in [4.69, 9.17) is 17.3 Å². The summed E-state index contributed by atoms with van der Waals surface area (Å²) in [5.41, 5.74) is 8.20. The summed E-state index contributed by atoms with van der Waals surface area (Å²) in [6.07, 6.45) is 0.576. The van der Waals surface area contributed by atoms with Crippen molar-refractivity contribution in [1.29, 1.82) is 0 Å². The summed E-state index contributed by atoms with van der Waals surface area (Å²) in [5.74, 6) is 0.487. The van der Waals surface area contributed by atoms with Gasteiger partial charge in [0.25, 0.3) is 0 Å². The summed E-state index contributed by atoms with van der Waals surface area (Å²) in [6.45, 7) is 2.63. The Labute approximate surface area is 114 Å². The van der Waals surface area contributed by atoms with E-state index in [2.05, 4.69) is 15.9 Å². The zero-order valence-corrected chi connectivity index (χ0v) is 11.9. The SMILES string of the molecule is Cc1cc(N2CC(CBr)CC2=O)c(N)cc1Cl. The Morgan fingerprint density at radius 2 is 2.29 bits per heavy atom. The van der Waals surface area contributed by atoms with Crippen molar-refractivity contribution in [2.24, 2.45) is 5.92 Å². The van der Waals surface area contributed by atoms with Gasteiger partial charge in [0.1, 0.15) is 0 Å². The molecule has 2 rings (SSSR count). The molecule has 1 aromatic carbocycles. The maximum Gasteiger partial charge on any atom is 0.227 e. The minimum absolute atomic E-state index is 0.128. The van der Waals surface area contributed by atoms with Crippen LogP contribution in [0.1, 0.15) is 12.0 Å². The Bertz CT molecular complexity index is 464. The third-order valence-electron chi connectivity index (χ3n) is 3.02. The molecule has 1 atom stereocenters. The second kappa shape index (κ2) is 4.86. The van der Waals surface area contributed by atoms with E-state index in [1.54, 1.807) is 11.0 Å². The molecule has 3 nitrogen and oxygen atoms in total. The Hall–Kier alpha value is -0.740. The standard InChI is InChI=1S/C12H14BrClN2O/c1-7-2-11(10(15)4-9(7)14)16-6-8(5-13)3-12(16)17/h2,4,8H,3,5-6,15H2,1H3. The molecule has 2 N–H and O–H groups in total. The van der Waals surface area contributed by atoms with Gasteiger partial charge in [0.05, 0.1) is 11.4 Å². The van der Waals surface area contributed by atoms with E-state index in [1.165, 1.54) is 0 Å². The molecule has 0 aromatic heterocycles. The van der Waals surface area contributed by atoms with Crippen LogP contribution in [0.25, 0.3) is 0 Å². The lowest BCUT2D eigenvalue weighted by molar-refractivity contribution is -0.117. The number of carbonyl (C=O) groups is 1. The van der Waals surface area contributed by atoms with E-state index in [0.29, 0.717) is 23.0 Å². The van der Waals surface area contributed by atoms with Gasteiger partial charge in [-0.1, -0.05) is 27.5 Å². The van der Waals surface area contributed by atoms with Gasteiger partial charge in [0, 0.05) is 23.3 Å². The first-order valence-electron chi connectivity index (χ1n) is 5.45. The van der Waals surface area contributed by atoms with Crippen molar-refractivity contribution in [1.82, 2.24) is 0 Å². The van der Waals surface area contributed by atoms with Crippen molar-refractivity contribution < 1.29 is 4.79 Å². The van der Waals surface area contributed by atoms with Crippen LogP contribution in [0.5, 0.6) is 0 Å². The second-order valence-electron chi connectivity index (χ2n) is 4.39. The summed E-state index contributed by atoms with van der Waals surface area (Å²) < 4.78 is 0. The quantitative estimate of drug-likeness (QED) is 0.673. The predicted molar refractivity (Wildman–Crippen MR) is 74.9 cm³/mol. The van der Waals surface area contributed by atoms with Crippen LogP contribution >= 0.6 is 27.5 Å². The molecule has 1 saturated heterocycles. The number of alkyl halides is 1. The molecular formula is C12H14BrClN2O. The smallest absolute Gasteiger partial charge is 0.227 e. The number of nitrogens with zero attached hydrogens (tertiary/aromatic N) is 1. The zero-order valence-electron chi connectivity index (χ0n) is 9.54. The maximum absolute atomic E-state index is 11.9. The Morgan fingerprint density at radius 3 is 2.88 bits per heavy atom. The Balaban J connectivity index is 2.35. The first-order valence-corrected chi connectivity index (χ1v) is 6.94. The molecule has 5 heteroatoms. The average Bonchev–Trinajstić information content (AvgIpc) is 2.65. The van der Waals surface area contributed by atoms with Crippen LogP contribution in [-0.2, 0) is 4.79 Å². The van der Waals surface area contributed by atoms with Gasteiger partial charge in [-0.05, 0) is 30.5 Å². The first kappa shape index (κ1) is 12.7. The summed E-state index contributed by atoms with van der Waals surface area (Å²) >= 11 is 9.41. The van der Waals surface area contributed by atoms with Crippen LogP contribution in [0, 0.1) is 12.8 Å². The molecule has 17 heavy (non-hydrogen) atoms. The lowest BCUT2D eigenvalue weighted by Gasteiger charge is -2.19. The molecule has 1 unspecified atom stereocenters. The molecule has 1 heterocycles. The van der Waals surface area contributed by atoms with Crippen LogP contribution in [0.3, 0.4) is 0 Å². The molecule has 1 aliphatic heterocycles. The summed E-state index contributed by atoms with van der Waals surface area (Å²) in [6, 6.07) is 3.59. The average molecular weight is 318 g/mol. The topological polar surface area (TPSA) is 46.3 Å². The predicted octanol–water partition coefficient (Wildman–Crippen LogP) is 2.98. The first-order chi connectivity index (χ1) is 8.02. The lowest BCUT2D eigenvalue weighted by Crippen LogP contribution is -2.25. The maximum atomic E-state index is 11.9. The number of hydrogen-bond acceptors (Lipinski definition) is 2. The molecule has 0 aliphatic carbocycles. The van der Waals surface area contributed by atoms with Crippen molar-refractivity contribution in [3.8, 4) is 0 Å². The number of carbonyl (C=O) groups excluding carboxylic acids is 1. The Morgan fingerprint density at radius 1 is 1.59 bits per heavy atom. The van der Waals surface area contributed by atoms with E-state index in [0.717, 1.165) is 23.1 Å². The monoisotopic (exact) mass is 316 g/mol. The third kappa shape index (κ3) is 2.43. The highest BCUT2D eigenvalue weighted by Gasteiger charge is 2.31. The van der Waals surface area contributed by atoms with Crippen molar-refractivity contribution in [2.45, 2.75) is 13.3 Å². The number of amides is 1. The molecule has 1 aromatic rings. The van der Waals surface area contributed by atoms with E-state index < -0.39 is 0 Å². The van der Waals surface area contributed by atoms with Gasteiger partial charge in [-0.2, -0.15) is 0 Å². The molecular weight excluding hydrogens is 304 g/mol. The second-order valence-corrected chi connectivity index (χ2v) is 5.44. The van der Waals surface area contributed by atoms with Crippen LogP contribution in [-0.4, -0.2) is 17.8 Å². The van der Waals surface area contributed by atoms with E-state index in [9.17, 15) is 4.79 Å². The molecule has 92 valence electrons. The van der Waals surface area contributed by atoms with Gasteiger partial charge < -0.3 is 10.6 Å². The number of nitrogens with two attached hydrogens (primary N) is 1. The number of halogens is 2. The fourth-order valence-corrected chi connectivity index (χ4v) is 2.64. The fourth-order valence-electron chi connectivity index (χ4n) is 2.03. The largest absolute Gasteiger partial charge is 0.397 e.